The fraction of sp³-hybridized carbons (Fsp3) is 0.278. The Morgan fingerprint density at radius 2 is 1.49 bits per heavy atom. The molecule has 0 aromatic heterocycles. The molecule has 4 rings (SSSR count). The number of nitrogens with zero attached hydrogens (tertiary/aromatic N) is 2. The van der Waals surface area contributed by atoms with Crippen LogP contribution in [-0.2, 0) is 32.6 Å². The van der Waals surface area contributed by atoms with Gasteiger partial charge in [-0.2, -0.15) is 0 Å². The van der Waals surface area contributed by atoms with Gasteiger partial charge in [-0.25, -0.2) is 8.42 Å². The van der Waals surface area contributed by atoms with Gasteiger partial charge in [-0.3, -0.25) is 13.9 Å². The summed E-state index contributed by atoms with van der Waals surface area (Å²) in [6.07, 6.45) is 0.874. The van der Waals surface area contributed by atoms with Crippen LogP contribution in [0, 0.1) is 13.8 Å². The molecular weight excluding hydrogens is 677 g/mol. The second-order valence-electron chi connectivity index (χ2n) is 11.6. The topological polar surface area (TPSA) is 86.8 Å². The third-order valence-electron chi connectivity index (χ3n) is 7.94. The lowest BCUT2D eigenvalue weighted by Crippen LogP contribution is -2.54. The van der Waals surface area contributed by atoms with Crippen LogP contribution in [0.3, 0.4) is 0 Å². The Balaban J connectivity index is 1.84. The molecule has 4 aromatic carbocycles. The fourth-order valence-corrected chi connectivity index (χ4v) is 6.83. The third kappa shape index (κ3) is 9.29. The smallest absolute Gasteiger partial charge is 0.264 e. The number of aryl methyl sites for hydroxylation is 2. The monoisotopic (exact) mass is 713 g/mol. The molecule has 0 radical (unpaired) electrons. The van der Waals surface area contributed by atoms with E-state index in [2.05, 4.69) is 5.32 Å². The van der Waals surface area contributed by atoms with Gasteiger partial charge in [0.25, 0.3) is 10.0 Å². The number of carbonyl (C=O) groups excluding carboxylic acids is 2. The average molecular weight is 715 g/mol. The Labute approximate surface area is 292 Å². The van der Waals surface area contributed by atoms with E-state index in [4.69, 9.17) is 34.8 Å². The van der Waals surface area contributed by atoms with Gasteiger partial charge in [-0.15, -0.1) is 0 Å². The number of benzene rings is 4. The van der Waals surface area contributed by atoms with Gasteiger partial charge in [-0.1, -0.05) is 102 Å². The number of nitrogens with one attached hydrogen (secondary N) is 1. The molecule has 2 atom stereocenters. The fourth-order valence-electron chi connectivity index (χ4n) is 4.93. The maximum atomic E-state index is 14.6. The zero-order valence-corrected chi connectivity index (χ0v) is 29.8. The van der Waals surface area contributed by atoms with E-state index in [-0.39, 0.29) is 40.5 Å². The van der Waals surface area contributed by atoms with Crippen LogP contribution in [0.4, 0.5) is 5.69 Å². The molecule has 0 fully saturated rings. The SMILES string of the molecule is CC[C@H](C)NC(=O)[C@H](Cc1ccccc1)N(Cc1ccc(Cl)c(Cl)c1)C(=O)CN(c1ccc(C)c(Cl)c1)S(=O)(=O)c1ccc(C)cc1. The lowest BCUT2D eigenvalue weighted by molar-refractivity contribution is -0.140. The number of rotatable bonds is 13. The minimum absolute atomic E-state index is 0.0129. The van der Waals surface area contributed by atoms with E-state index in [0.29, 0.717) is 22.0 Å². The highest BCUT2D eigenvalue weighted by Gasteiger charge is 2.35. The van der Waals surface area contributed by atoms with E-state index in [1.807, 2.05) is 51.1 Å². The molecule has 0 aliphatic carbocycles. The van der Waals surface area contributed by atoms with E-state index in [0.717, 1.165) is 21.0 Å². The molecule has 0 saturated carbocycles. The summed E-state index contributed by atoms with van der Waals surface area (Å²) in [6.45, 7) is 6.87. The van der Waals surface area contributed by atoms with Gasteiger partial charge in [0, 0.05) is 24.0 Å². The molecule has 248 valence electrons. The highest BCUT2D eigenvalue weighted by Crippen LogP contribution is 2.30. The number of carbonyl (C=O) groups is 2. The van der Waals surface area contributed by atoms with E-state index in [1.54, 1.807) is 49.4 Å². The number of sulfonamides is 1. The molecule has 0 aliphatic heterocycles. The summed E-state index contributed by atoms with van der Waals surface area (Å²) >= 11 is 19.0. The maximum absolute atomic E-state index is 14.6. The molecule has 2 amide bonds. The molecule has 0 bridgehead atoms. The summed E-state index contributed by atoms with van der Waals surface area (Å²) in [7, 11) is -4.25. The molecule has 7 nitrogen and oxygen atoms in total. The minimum Gasteiger partial charge on any atom is -0.352 e. The number of hydrogen-bond donors (Lipinski definition) is 1. The van der Waals surface area contributed by atoms with Gasteiger partial charge in [0.15, 0.2) is 0 Å². The molecule has 1 N–H and O–H groups in total. The van der Waals surface area contributed by atoms with Crippen LogP contribution in [0.1, 0.15) is 42.5 Å². The first-order valence-electron chi connectivity index (χ1n) is 15.2. The van der Waals surface area contributed by atoms with Crippen molar-refractivity contribution >= 4 is 62.3 Å². The molecule has 0 aliphatic rings. The third-order valence-corrected chi connectivity index (χ3v) is 10.9. The van der Waals surface area contributed by atoms with Gasteiger partial charge in [-0.05, 0) is 80.3 Å². The first-order valence-corrected chi connectivity index (χ1v) is 17.8. The minimum atomic E-state index is -4.25. The highest BCUT2D eigenvalue weighted by atomic mass is 35.5. The Bertz CT molecular complexity index is 1820. The van der Waals surface area contributed by atoms with E-state index in [1.165, 1.54) is 23.1 Å². The zero-order chi connectivity index (χ0) is 34.3. The van der Waals surface area contributed by atoms with Crippen molar-refractivity contribution in [2.75, 3.05) is 10.8 Å². The Morgan fingerprint density at radius 3 is 2.11 bits per heavy atom. The quantitative estimate of drug-likeness (QED) is 0.152. The number of anilines is 1. The molecular formula is C36H38Cl3N3O4S. The van der Waals surface area contributed by atoms with Gasteiger partial charge >= 0.3 is 0 Å². The zero-order valence-electron chi connectivity index (χ0n) is 26.7. The van der Waals surface area contributed by atoms with Crippen molar-refractivity contribution in [3.05, 3.63) is 128 Å². The average Bonchev–Trinajstić information content (AvgIpc) is 3.05. The molecule has 4 aromatic rings. The van der Waals surface area contributed by atoms with Gasteiger partial charge in [0.2, 0.25) is 11.8 Å². The number of amides is 2. The second-order valence-corrected chi connectivity index (χ2v) is 14.6. The highest BCUT2D eigenvalue weighted by molar-refractivity contribution is 7.92. The maximum Gasteiger partial charge on any atom is 0.264 e. The van der Waals surface area contributed by atoms with Crippen LogP contribution in [0.5, 0.6) is 0 Å². The lowest BCUT2D eigenvalue weighted by Gasteiger charge is -2.34. The van der Waals surface area contributed by atoms with E-state index in [9.17, 15) is 18.0 Å². The molecule has 11 heteroatoms. The van der Waals surface area contributed by atoms with Crippen molar-refractivity contribution in [3.8, 4) is 0 Å². The Morgan fingerprint density at radius 1 is 0.809 bits per heavy atom. The molecule has 0 heterocycles. The van der Waals surface area contributed by atoms with Crippen molar-refractivity contribution in [3.63, 3.8) is 0 Å². The molecule has 0 unspecified atom stereocenters. The summed E-state index contributed by atoms with van der Waals surface area (Å²) in [5.41, 5.74) is 3.30. The first-order chi connectivity index (χ1) is 22.3. The van der Waals surface area contributed by atoms with Crippen LogP contribution >= 0.6 is 34.8 Å². The van der Waals surface area contributed by atoms with Gasteiger partial charge in [0.05, 0.1) is 20.6 Å². The second kappa shape index (κ2) is 16.0. The van der Waals surface area contributed by atoms with Crippen LogP contribution in [0.15, 0.2) is 95.9 Å². The summed E-state index contributed by atoms with van der Waals surface area (Å²) < 4.78 is 29.5. The largest absolute Gasteiger partial charge is 0.352 e. The lowest BCUT2D eigenvalue weighted by atomic mass is 10.0. The van der Waals surface area contributed by atoms with E-state index >= 15 is 0 Å². The summed E-state index contributed by atoms with van der Waals surface area (Å²) in [6, 6.07) is 24.4. The predicted octanol–water partition coefficient (Wildman–Crippen LogP) is 8.01. The molecule has 0 saturated heterocycles. The van der Waals surface area contributed by atoms with Gasteiger partial charge < -0.3 is 10.2 Å². The molecule has 47 heavy (non-hydrogen) atoms. The number of halogens is 3. The van der Waals surface area contributed by atoms with Crippen LogP contribution in [0.25, 0.3) is 0 Å². The summed E-state index contributed by atoms with van der Waals surface area (Å²) in [4.78, 5) is 30.0. The van der Waals surface area contributed by atoms with E-state index < -0.39 is 28.5 Å². The summed E-state index contributed by atoms with van der Waals surface area (Å²) in [5.74, 6) is -0.952. The Hall–Kier alpha value is -3.56. The predicted molar refractivity (Wildman–Crippen MR) is 191 cm³/mol. The van der Waals surface area contributed by atoms with Crippen LogP contribution < -0.4 is 9.62 Å². The molecule has 0 spiro atoms. The Kier molecular flexibility index (Phi) is 12.4. The van der Waals surface area contributed by atoms with Crippen molar-refractivity contribution < 1.29 is 18.0 Å². The van der Waals surface area contributed by atoms with Crippen LogP contribution in [-0.4, -0.2) is 43.8 Å². The van der Waals surface area contributed by atoms with Crippen LogP contribution in [0.2, 0.25) is 15.1 Å². The number of hydrogen-bond acceptors (Lipinski definition) is 4. The van der Waals surface area contributed by atoms with Crippen molar-refractivity contribution in [2.45, 2.75) is 64.1 Å². The van der Waals surface area contributed by atoms with Crippen molar-refractivity contribution in [1.29, 1.82) is 0 Å². The van der Waals surface area contributed by atoms with Crippen molar-refractivity contribution in [2.24, 2.45) is 0 Å². The standard InChI is InChI=1S/C36H38Cl3N3O4S/c1-5-26(4)40-36(44)34(20-27-9-7-6-8-10-27)41(22-28-14-18-31(37)33(39)19-28)35(43)23-42(29-15-13-25(3)32(38)21-29)47(45,46)30-16-11-24(2)12-17-30/h6-19,21,26,34H,5,20,22-23H2,1-4H3,(H,40,44)/t26-,34-/m0/s1. The van der Waals surface area contributed by atoms with Crippen molar-refractivity contribution in [1.82, 2.24) is 10.2 Å². The van der Waals surface area contributed by atoms with Gasteiger partial charge in [0.1, 0.15) is 12.6 Å². The summed E-state index contributed by atoms with van der Waals surface area (Å²) in [5, 5.41) is 4.00. The normalized spacial score (nSPS) is 12.7. The first kappa shape index (κ1) is 36.3.